The molecule has 23 heteroatoms. The lowest BCUT2D eigenvalue weighted by Crippen LogP contribution is -2.56. The fraction of sp³-hybridized carbons (Fsp3) is 0.433. The van der Waals surface area contributed by atoms with Crippen molar-refractivity contribution in [3.05, 3.63) is 159 Å². The summed E-state index contributed by atoms with van der Waals surface area (Å²) in [5, 5.41) is 5.39. The van der Waals surface area contributed by atoms with Crippen LogP contribution in [0, 0.1) is 19.3 Å². The number of methoxy groups -OCH3 is 1. The van der Waals surface area contributed by atoms with Crippen molar-refractivity contribution in [2.75, 3.05) is 110 Å². The molecule has 6 aromatic rings. The number of ether oxygens (including phenoxy) is 6. The molecular formula is C67H77ClFN11O10. The van der Waals surface area contributed by atoms with E-state index in [1.165, 1.54) is 23.1 Å². The van der Waals surface area contributed by atoms with Gasteiger partial charge in [0.2, 0.25) is 5.91 Å². The van der Waals surface area contributed by atoms with Gasteiger partial charge in [0.15, 0.2) is 0 Å². The summed E-state index contributed by atoms with van der Waals surface area (Å²) in [6, 6.07) is 25.5. The lowest BCUT2D eigenvalue weighted by atomic mass is 9.93. The maximum atomic E-state index is 15.1. The highest BCUT2D eigenvalue weighted by molar-refractivity contribution is 6.30. The van der Waals surface area contributed by atoms with Crippen LogP contribution in [0.4, 0.5) is 26.5 Å². The molecule has 2 fully saturated rings. The molecule has 0 saturated carbocycles. The molecule has 3 atom stereocenters. The second kappa shape index (κ2) is 29.9. The third kappa shape index (κ3) is 15.1. The number of benzene rings is 4. The number of piperazine rings is 1. The third-order valence-electron chi connectivity index (χ3n) is 16.4. The Bertz CT molecular complexity index is 3620. The molecule has 90 heavy (non-hydrogen) atoms. The highest BCUT2D eigenvalue weighted by Gasteiger charge is 2.46. The number of amidine groups is 1. The van der Waals surface area contributed by atoms with Crippen LogP contribution in [0.5, 0.6) is 11.5 Å². The van der Waals surface area contributed by atoms with Gasteiger partial charge in [0.25, 0.3) is 11.7 Å². The summed E-state index contributed by atoms with van der Waals surface area (Å²) in [6.45, 7) is 18.4. The molecule has 0 radical (unpaired) electrons. The summed E-state index contributed by atoms with van der Waals surface area (Å²) >= 11 is 6.40. The van der Waals surface area contributed by atoms with Gasteiger partial charge in [-0.1, -0.05) is 60.1 Å². The molecule has 6 heterocycles. The van der Waals surface area contributed by atoms with Crippen LogP contribution in [-0.4, -0.2) is 170 Å². The molecule has 474 valence electrons. The smallest absolute Gasteiger partial charge is 0.326 e. The van der Waals surface area contributed by atoms with E-state index in [2.05, 4.69) is 14.7 Å². The Labute approximate surface area is 529 Å². The second-order valence-electron chi connectivity index (χ2n) is 23.0. The largest absolute Gasteiger partial charge is 0.497 e. The van der Waals surface area contributed by atoms with Gasteiger partial charge in [0.1, 0.15) is 53.0 Å². The van der Waals surface area contributed by atoms with E-state index in [0.717, 1.165) is 23.1 Å². The van der Waals surface area contributed by atoms with Crippen LogP contribution in [0.25, 0.3) is 16.0 Å². The number of aryl methyl sites for hydroxylation is 2. The van der Waals surface area contributed by atoms with Gasteiger partial charge in [-0.2, -0.15) is 4.68 Å². The minimum atomic E-state index is -0.581. The standard InChI is InChI=1S/C67H77ClFN11O10/c1-43(2)90-58-39-51(85-6)20-22-53(58)64-73-61(45-13-11-44(3)12-14-45)62(46-15-17-48(68)18-16-46)80(64)67(84)77-27-26-76(59(82)42-77)28-30-87-32-34-89-36-35-88-33-31-86-29-23-50(81)9-7-25-79-65(71-4)60-47-37-57(63(70)72-40-47)78-24-8-10-56(78)54-38-49(69)19-21-52(54)66(83)75(5)41-55(60)74-79/h11-22,37-40,43,56,61-62H,7-10,23-36,41-42H2,1-3,5-6H3,(H2,70,72)/t56-,61+,62-/m1/s1. The fourth-order valence-electron chi connectivity index (χ4n) is 12.0. The first-order valence-electron chi connectivity index (χ1n) is 30.6. The number of fused-ring (bicyclic) bond motifs is 8. The summed E-state index contributed by atoms with van der Waals surface area (Å²) in [7, 11) is 3.25. The highest BCUT2D eigenvalue weighted by atomic mass is 35.5. The quantitative estimate of drug-likeness (QED) is 0.0417. The van der Waals surface area contributed by atoms with E-state index in [-0.39, 0.29) is 80.7 Å². The molecule has 4 aromatic carbocycles. The summed E-state index contributed by atoms with van der Waals surface area (Å²) in [4.78, 5) is 78.2. The number of pyridine rings is 1. The predicted octanol–water partition coefficient (Wildman–Crippen LogP) is 10.2. The van der Waals surface area contributed by atoms with Crippen LogP contribution in [0.3, 0.4) is 0 Å². The number of hydrogen-bond donors (Lipinski definition) is 1. The minimum absolute atomic E-state index is 0.00783. The number of Topliss-reactive ketones (excluding diaryl/α,β-unsaturated/α-hetero) is 1. The van der Waals surface area contributed by atoms with Gasteiger partial charge >= 0.3 is 6.03 Å². The number of amides is 4. The number of nitrogens with two attached hydrogens (primary N) is 1. The zero-order chi connectivity index (χ0) is 63.4. The topological polar surface area (TPSA) is 213 Å². The number of carbonyl (C=O) groups excluding carboxylic acids is 4. The number of rotatable bonds is 25. The number of aromatic nitrogens is 3. The normalized spacial score (nSPS) is 17.4. The first-order valence-corrected chi connectivity index (χ1v) is 31.0. The monoisotopic (exact) mass is 1250 g/mol. The zero-order valence-electron chi connectivity index (χ0n) is 51.6. The van der Waals surface area contributed by atoms with Crippen molar-refractivity contribution in [2.24, 2.45) is 4.99 Å². The second-order valence-corrected chi connectivity index (χ2v) is 23.4. The molecule has 0 unspecified atom stereocenters. The van der Waals surface area contributed by atoms with Crippen LogP contribution < -0.4 is 20.1 Å². The van der Waals surface area contributed by atoms with Gasteiger partial charge in [-0.3, -0.25) is 24.3 Å². The van der Waals surface area contributed by atoms with Crippen LogP contribution in [0.1, 0.15) is 108 Å². The summed E-state index contributed by atoms with van der Waals surface area (Å²) in [5.74, 6) is 1.17. The Morgan fingerprint density at radius 2 is 1.52 bits per heavy atom. The molecule has 2 saturated heterocycles. The molecule has 0 spiro atoms. The number of nitrogen functional groups attached to an aromatic ring is 1. The van der Waals surface area contributed by atoms with Crippen molar-refractivity contribution >= 4 is 58.4 Å². The van der Waals surface area contributed by atoms with Gasteiger partial charge in [0, 0.05) is 74.5 Å². The Morgan fingerprint density at radius 1 is 0.822 bits per heavy atom. The van der Waals surface area contributed by atoms with E-state index in [4.69, 9.17) is 62.4 Å². The van der Waals surface area contributed by atoms with Gasteiger partial charge in [-0.25, -0.2) is 14.2 Å². The number of ketones is 1. The molecule has 4 amide bonds. The lowest BCUT2D eigenvalue weighted by Gasteiger charge is -2.38. The van der Waals surface area contributed by atoms with Gasteiger partial charge < -0.3 is 58.6 Å². The fourth-order valence-corrected chi connectivity index (χ4v) is 12.1. The van der Waals surface area contributed by atoms with Crippen molar-refractivity contribution in [1.82, 2.24) is 34.4 Å². The third-order valence-corrected chi connectivity index (χ3v) is 16.7. The van der Waals surface area contributed by atoms with Crippen LogP contribution >= 0.6 is 11.6 Å². The number of halogens is 2. The maximum absolute atomic E-state index is 15.1. The molecule has 2 N–H and O–H groups in total. The minimum Gasteiger partial charge on any atom is -0.497 e. The number of urea groups is 1. The first-order chi connectivity index (χ1) is 43.6. The average molecular weight is 1250 g/mol. The number of nitrogens with zero attached hydrogens (tertiary/aromatic N) is 10. The first kappa shape index (κ1) is 64.5. The molecule has 4 aliphatic heterocycles. The number of anilines is 2. The average Bonchev–Trinajstić information content (AvgIpc) is 1.60. The number of aliphatic imine (C=N–C) groups is 1. The summed E-state index contributed by atoms with van der Waals surface area (Å²) < 4.78 is 51.1. The van der Waals surface area contributed by atoms with Gasteiger partial charge in [0.05, 0.1) is 102 Å². The van der Waals surface area contributed by atoms with E-state index < -0.39 is 17.9 Å². The van der Waals surface area contributed by atoms with Gasteiger partial charge in [-0.15, -0.1) is 5.10 Å². The molecule has 0 aliphatic carbocycles. The maximum Gasteiger partial charge on any atom is 0.326 e. The number of hydrogen-bond acceptors (Lipinski definition) is 15. The predicted molar refractivity (Wildman–Crippen MR) is 339 cm³/mol. The van der Waals surface area contributed by atoms with E-state index in [0.29, 0.717) is 153 Å². The van der Waals surface area contributed by atoms with Crippen LogP contribution in [0.15, 0.2) is 102 Å². The highest BCUT2D eigenvalue weighted by Crippen LogP contribution is 2.47. The van der Waals surface area contributed by atoms with Crippen molar-refractivity contribution < 1.29 is 52.0 Å². The molecule has 4 aliphatic rings. The van der Waals surface area contributed by atoms with E-state index in [1.807, 2.05) is 75.4 Å². The van der Waals surface area contributed by atoms with Gasteiger partial charge in [-0.05, 0) is 111 Å². The molecular weight excluding hydrogens is 1170 g/mol. The molecule has 2 aromatic heterocycles. The van der Waals surface area contributed by atoms with Crippen molar-refractivity contribution in [3.8, 4) is 22.6 Å². The van der Waals surface area contributed by atoms with E-state index in [1.54, 1.807) is 57.9 Å². The molecule has 2 bridgehead atoms. The Balaban J connectivity index is 0.629. The molecule has 10 rings (SSSR count). The van der Waals surface area contributed by atoms with E-state index in [9.17, 15) is 18.8 Å². The summed E-state index contributed by atoms with van der Waals surface area (Å²) in [5.41, 5.74) is 13.2. The lowest BCUT2D eigenvalue weighted by molar-refractivity contribution is -0.135. The Morgan fingerprint density at radius 3 is 2.22 bits per heavy atom. The van der Waals surface area contributed by atoms with Crippen LogP contribution in [-0.2, 0) is 41.6 Å². The van der Waals surface area contributed by atoms with Crippen molar-refractivity contribution in [2.45, 2.75) is 90.2 Å². The van der Waals surface area contributed by atoms with Crippen LogP contribution in [0.2, 0.25) is 5.02 Å². The van der Waals surface area contributed by atoms with E-state index >= 15 is 4.79 Å². The SMILES string of the molecule is [C-]#[N+]c1c2c(nn1CCCC(=O)CCOCCOCCOCCOCCN1CCN(C(=O)N3C(c4ccc(OC)cc4OC(C)C)=N[C@@H](c4ccc(C)cc4)[C@H]3c3ccc(Cl)cc3)CC1=O)CN(C)C(=O)c1ccc(F)cc1[C@H]1CCCN1c1cc-2cnc1N. The Kier molecular flexibility index (Phi) is 21.4. The van der Waals surface area contributed by atoms with Crippen molar-refractivity contribution in [3.63, 3.8) is 0 Å². The zero-order valence-corrected chi connectivity index (χ0v) is 52.3. The molecule has 21 nitrogen and oxygen atoms in total. The number of carbonyl (C=O) groups is 4. The summed E-state index contributed by atoms with van der Waals surface area (Å²) in [6.07, 6.45) is 3.82. The Hall–Kier alpha value is -8.46. The van der Waals surface area contributed by atoms with Crippen molar-refractivity contribution in [1.29, 1.82) is 0 Å².